The number of nitrogens with two attached hydrogens (primary N) is 1. The minimum absolute atomic E-state index is 0.124. The van der Waals surface area contributed by atoms with Gasteiger partial charge in [0.15, 0.2) is 0 Å². The van der Waals surface area contributed by atoms with Gasteiger partial charge < -0.3 is 5.73 Å². The zero-order valence-electron chi connectivity index (χ0n) is 7.50. The van der Waals surface area contributed by atoms with Crippen molar-refractivity contribution in [2.45, 2.75) is 37.6 Å². The molecule has 0 radical (unpaired) electrons. The van der Waals surface area contributed by atoms with Crippen LogP contribution in [0.2, 0.25) is 0 Å². The number of thiazole rings is 1. The van der Waals surface area contributed by atoms with Gasteiger partial charge in [-0.3, -0.25) is 0 Å². The summed E-state index contributed by atoms with van der Waals surface area (Å²) in [4.78, 5) is 4.36. The van der Waals surface area contributed by atoms with Gasteiger partial charge in [0.2, 0.25) is 0 Å². The number of hydrogen-bond donors (Lipinski definition) is 1. The molecule has 0 amide bonds. The van der Waals surface area contributed by atoms with Crippen LogP contribution in [0.5, 0.6) is 0 Å². The fraction of sp³-hybridized carbons (Fsp3) is 0.667. The molecule has 2 N–H and O–H groups in total. The van der Waals surface area contributed by atoms with Crippen molar-refractivity contribution in [2.75, 3.05) is 0 Å². The van der Waals surface area contributed by atoms with Crippen molar-refractivity contribution in [2.24, 2.45) is 5.73 Å². The largest absolute Gasteiger partial charge is 0.325 e. The van der Waals surface area contributed by atoms with Crippen molar-refractivity contribution in [3.8, 4) is 0 Å². The second kappa shape index (κ2) is 2.30. The molecule has 1 aromatic rings. The Morgan fingerprint density at radius 3 is 2.58 bits per heavy atom. The van der Waals surface area contributed by atoms with Gasteiger partial charge in [0, 0.05) is 16.3 Å². The van der Waals surface area contributed by atoms with Crippen LogP contribution in [-0.2, 0) is 5.41 Å². The first-order chi connectivity index (χ1) is 5.56. The van der Waals surface area contributed by atoms with Gasteiger partial charge in [-0.25, -0.2) is 4.98 Å². The standard InChI is InChI=1S/C9H14N2S/c1-8(2,10)9(3-4-9)7-5-12-6-11-7/h5-6H,3-4,10H2,1-2H3. The first kappa shape index (κ1) is 8.20. The molecule has 0 bridgehead atoms. The maximum atomic E-state index is 6.13. The average Bonchev–Trinajstić information content (AvgIpc) is 2.61. The minimum Gasteiger partial charge on any atom is -0.325 e. The van der Waals surface area contributed by atoms with E-state index in [1.165, 1.54) is 18.5 Å². The van der Waals surface area contributed by atoms with Gasteiger partial charge in [-0.05, 0) is 26.7 Å². The SMILES string of the molecule is CC(C)(N)C1(c2cscn2)CC1. The molecule has 0 spiro atoms. The summed E-state index contributed by atoms with van der Waals surface area (Å²) in [5.41, 5.74) is 9.28. The van der Waals surface area contributed by atoms with Crippen LogP contribution in [-0.4, -0.2) is 10.5 Å². The zero-order valence-corrected chi connectivity index (χ0v) is 8.32. The lowest BCUT2D eigenvalue weighted by Gasteiger charge is -2.29. The van der Waals surface area contributed by atoms with E-state index in [1.54, 1.807) is 11.3 Å². The fourth-order valence-electron chi connectivity index (χ4n) is 1.80. The second-order valence-electron chi connectivity index (χ2n) is 4.18. The van der Waals surface area contributed by atoms with Crippen LogP contribution in [0.15, 0.2) is 10.9 Å². The molecule has 0 aromatic carbocycles. The lowest BCUT2D eigenvalue weighted by Crippen LogP contribution is -2.45. The second-order valence-corrected chi connectivity index (χ2v) is 4.90. The van der Waals surface area contributed by atoms with Gasteiger partial charge in [0.05, 0.1) is 11.2 Å². The molecule has 0 saturated heterocycles. The summed E-state index contributed by atoms with van der Waals surface area (Å²) >= 11 is 1.66. The van der Waals surface area contributed by atoms with Gasteiger partial charge in [-0.15, -0.1) is 11.3 Å². The molecule has 2 rings (SSSR count). The van der Waals surface area contributed by atoms with Crippen LogP contribution in [0, 0.1) is 0 Å². The van der Waals surface area contributed by atoms with Crippen LogP contribution in [0.3, 0.4) is 0 Å². The van der Waals surface area contributed by atoms with Gasteiger partial charge in [-0.2, -0.15) is 0 Å². The summed E-state index contributed by atoms with van der Waals surface area (Å²) in [6.07, 6.45) is 2.39. The van der Waals surface area contributed by atoms with E-state index in [0.717, 1.165) is 0 Å². The van der Waals surface area contributed by atoms with Crippen LogP contribution < -0.4 is 5.73 Å². The molecule has 66 valence electrons. The van der Waals surface area contributed by atoms with Crippen molar-refractivity contribution in [3.05, 3.63) is 16.6 Å². The lowest BCUT2D eigenvalue weighted by atomic mass is 9.83. The van der Waals surface area contributed by atoms with Crippen molar-refractivity contribution in [3.63, 3.8) is 0 Å². The minimum atomic E-state index is -0.124. The molecule has 3 heteroatoms. The van der Waals surface area contributed by atoms with E-state index in [-0.39, 0.29) is 11.0 Å². The summed E-state index contributed by atoms with van der Waals surface area (Å²) in [7, 11) is 0. The Bertz CT molecular complexity index is 267. The van der Waals surface area contributed by atoms with Crippen LogP contribution in [0.1, 0.15) is 32.4 Å². The Morgan fingerprint density at radius 1 is 1.58 bits per heavy atom. The van der Waals surface area contributed by atoms with Gasteiger partial charge in [0.25, 0.3) is 0 Å². The molecule has 0 aliphatic heterocycles. The van der Waals surface area contributed by atoms with E-state index >= 15 is 0 Å². The van der Waals surface area contributed by atoms with E-state index in [9.17, 15) is 0 Å². The third kappa shape index (κ3) is 1.00. The maximum Gasteiger partial charge on any atom is 0.0794 e. The highest BCUT2D eigenvalue weighted by Crippen LogP contribution is 2.54. The van der Waals surface area contributed by atoms with Gasteiger partial charge >= 0.3 is 0 Å². The van der Waals surface area contributed by atoms with E-state index in [2.05, 4.69) is 24.2 Å². The summed E-state index contributed by atoms with van der Waals surface area (Å²) in [6.45, 7) is 4.19. The molecule has 1 fully saturated rings. The Hall–Kier alpha value is -0.410. The highest BCUT2D eigenvalue weighted by molar-refractivity contribution is 7.07. The third-order valence-corrected chi connectivity index (χ3v) is 3.49. The fourth-order valence-corrected chi connectivity index (χ4v) is 2.46. The maximum absolute atomic E-state index is 6.13. The van der Waals surface area contributed by atoms with E-state index in [1.807, 2.05) is 5.51 Å². The normalized spacial score (nSPS) is 20.9. The predicted molar refractivity (Wildman–Crippen MR) is 51.3 cm³/mol. The number of rotatable bonds is 2. The smallest absolute Gasteiger partial charge is 0.0794 e. The molecule has 12 heavy (non-hydrogen) atoms. The van der Waals surface area contributed by atoms with E-state index in [0.29, 0.717) is 0 Å². The summed E-state index contributed by atoms with van der Waals surface area (Å²) in [6, 6.07) is 0. The molecular formula is C9H14N2S. The number of hydrogen-bond acceptors (Lipinski definition) is 3. The van der Waals surface area contributed by atoms with Crippen molar-refractivity contribution < 1.29 is 0 Å². The Labute approximate surface area is 76.8 Å². The lowest BCUT2D eigenvalue weighted by molar-refractivity contribution is 0.385. The van der Waals surface area contributed by atoms with E-state index in [4.69, 9.17) is 5.73 Å². The van der Waals surface area contributed by atoms with E-state index < -0.39 is 0 Å². The molecule has 0 unspecified atom stereocenters. The topological polar surface area (TPSA) is 38.9 Å². The molecule has 1 aliphatic rings. The van der Waals surface area contributed by atoms with Crippen molar-refractivity contribution in [1.82, 2.24) is 4.98 Å². The Kier molecular flexibility index (Phi) is 1.57. The van der Waals surface area contributed by atoms with Crippen LogP contribution >= 0.6 is 11.3 Å². The molecule has 2 nitrogen and oxygen atoms in total. The zero-order chi connectivity index (χ0) is 8.82. The average molecular weight is 182 g/mol. The molecule has 1 saturated carbocycles. The Morgan fingerprint density at radius 2 is 2.25 bits per heavy atom. The quantitative estimate of drug-likeness (QED) is 0.759. The highest BCUT2D eigenvalue weighted by Gasteiger charge is 2.55. The molecule has 1 heterocycles. The highest BCUT2D eigenvalue weighted by atomic mass is 32.1. The predicted octanol–water partition coefficient (Wildman–Crippen LogP) is 1.91. The van der Waals surface area contributed by atoms with Crippen LogP contribution in [0.25, 0.3) is 0 Å². The molecular weight excluding hydrogens is 168 g/mol. The monoisotopic (exact) mass is 182 g/mol. The number of aromatic nitrogens is 1. The van der Waals surface area contributed by atoms with Crippen molar-refractivity contribution in [1.29, 1.82) is 0 Å². The molecule has 1 aromatic heterocycles. The Balaban J connectivity index is 2.35. The third-order valence-electron chi connectivity index (χ3n) is 2.91. The first-order valence-corrected chi connectivity index (χ1v) is 5.18. The van der Waals surface area contributed by atoms with Gasteiger partial charge in [0.1, 0.15) is 0 Å². The summed E-state index contributed by atoms with van der Waals surface area (Å²) in [5, 5.41) is 2.13. The summed E-state index contributed by atoms with van der Waals surface area (Å²) < 4.78 is 0. The summed E-state index contributed by atoms with van der Waals surface area (Å²) in [5.74, 6) is 0. The van der Waals surface area contributed by atoms with Crippen molar-refractivity contribution >= 4 is 11.3 Å². The molecule has 1 aliphatic carbocycles. The first-order valence-electron chi connectivity index (χ1n) is 4.24. The number of nitrogens with zero attached hydrogens (tertiary/aromatic N) is 1. The van der Waals surface area contributed by atoms with Crippen LogP contribution in [0.4, 0.5) is 0 Å². The van der Waals surface area contributed by atoms with Gasteiger partial charge in [-0.1, -0.05) is 0 Å². The molecule has 0 atom stereocenters.